The predicted octanol–water partition coefficient (Wildman–Crippen LogP) is 1.99. The van der Waals surface area contributed by atoms with Crippen LogP contribution in [0.5, 0.6) is 0 Å². The van der Waals surface area contributed by atoms with E-state index in [0.717, 1.165) is 0 Å². The molecule has 0 aliphatic heterocycles. The van der Waals surface area contributed by atoms with E-state index in [1.54, 1.807) is 12.2 Å². The molecule has 1 rings (SSSR count). The summed E-state index contributed by atoms with van der Waals surface area (Å²) in [5.74, 6) is 0. The highest BCUT2D eigenvalue weighted by Gasteiger charge is 2.02. The first-order valence-corrected chi connectivity index (χ1v) is 5.12. The van der Waals surface area contributed by atoms with Crippen LogP contribution in [0.4, 0.5) is 0 Å². The lowest BCUT2D eigenvalue weighted by atomic mass is 10.3. The number of halogens is 1. The third kappa shape index (κ3) is 2.87. The Balaban J connectivity index is 3.32. The molecule has 0 spiro atoms. The molecule has 0 aliphatic carbocycles. The largest absolute Gasteiger partial charge is 0.296 e. The quantitative estimate of drug-likeness (QED) is 0.626. The number of rotatable bonds is 4. The minimum absolute atomic E-state index is 0.143. The third-order valence-electron chi connectivity index (χ3n) is 1.72. The van der Waals surface area contributed by atoms with E-state index in [9.17, 15) is 9.59 Å². The Bertz CT molecular complexity index is 529. The van der Waals surface area contributed by atoms with Gasteiger partial charge >= 0.3 is 0 Å². The second kappa shape index (κ2) is 5.37. The number of allylic oxidation sites excluding steroid dienone is 4. The first-order valence-electron chi connectivity index (χ1n) is 4.32. The van der Waals surface area contributed by atoms with Gasteiger partial charge in [0.05, 0.1) is 5.70 Å². The summed E-state index contributed by atoms with van der Waals surface area (Å²) in [4.78, 5) is 21.7. The standard InChI is InChI=1S/C11H9BrN2O2/c1-3-9(6-8(2)12)14-5-4-11(16)10(7-15)13-14/h3-7H,1-2H2/b9-6+. The Morgan fingerprint density at radius 1 is 1.56 bits per heavy atom. The molecule has 0 atom stereocenters. The van der Waals surface area contributed by atoms with Gasteiger partial charge in [0.15, 0.2) is 12.0 Å². The van der Waals surface area contributed by atoms with Gasteiger partial charge in [-0.2, -0.15) is 5.10 Å². The van der Waals surface area contributed by atoms with Crippen molar-refractivity contribution in [3.63, 3.8) is 0 Å². The Kier molecular flexibility index (Phi) is 4.13. The summed E-state index contributed by atoms with van der Waals surface area (Å²) in [6, 6.07) is 1.27. The van der Waals surface area contributed by atoms with E-state index in [1.807, 2.05) is 0 Å². The summed E-state index contributed by atoms with van der Waals surface area (Å²) in [7, 11) is 0. The van der Waals surface area contributed by atoms with Crippen molar-refractivity contribution in [1.82, 2.24) is 9.78 Å². The number of aromatic nitrogens is 2. The molecule has 1 aromatic heterocycles. The molecule has 1 aromatic rings. The van der Waals surface area contributed by atoms with Crippen LogP contribution in [-0.4, -0.2) is 16.1 Å². The zero-order chi connectivity index (χ0) is 12.1. The molecule has 0 unspecified atom stereocenters. The van der Waals surface area contributed by atoms with Crippen LogP contribution in [0.25, 0.3) is 5.70 Å². The van der Waals surface area contributed by atoms with Crippen LogP contribution in [-0.2, 0) is 0 Å². The number of nitrogens with zero attached hydrogens (tertiary/aromatic N) is 2. The average molecular weight is 281 g/mol. The van der Waals surface area contributed by atoms with Crippen molar-refractivity contribution in [1.29, 1.82) is 0 Å². The minimum atomic E-state index is -0.410. The Labute approximate surface area is 101 Å². The van der Waals surface area contributed by atoms with E-state index < -0.39 is 5.43 Å². The van der Waals surface area contributed by atoms with Crippen LogP contribution in [0.1, 0.15) is 10.5 Å². The van der Waals surface area contributed by atoms with Crippen molar-refractivity contribution in [3.05, 3.63) is 58.0 Å². The smallest absolute Gasteiger partial charge is 0.210 e. The fourth-order valence-corrected chi connectivity index (χ4v) is 1.26. The lowest BCUT2D eigenvalue weighted by Crippen LogP contribution is -2.15. The normalized spacial score (nSPS) is 10.9. The van der Waals surface area contributed by atoms with Crippen LogP contribution in [0.15, 0.2) is 46.9 Å². The fraction of sp³-hybridized carbons (Fsp3) is 0. The van der Waals surface area contributed by atoms with E-state index in [-0.39, 0.29) is 5.69 Å². The van der Waals surface area contributed by atoms with Gasteiger partial charge in [0.1, 0.15) is 0 Å². The van der Waals surface area contributed by atoms with Crippen molar-refractivity contribution in [2.24, 2.45) is 0 Å². The Hall–Kier alpha value is -1.75. The highest BCUT2D eigenvalue weighted by molar-refractivity contribution is 9.11. The van der Waals surface area contributed by atoms with Crippen molar-refractivity contribution in [2.45, 2.75) is 0 Å². The van der Waals surface area contributed by atoms with Crippen LogP contribution in [0, 0.1) is 0 Å². The van der Waals surface area contributed by atoms with E-state index in [4.69, 9.17) is 0 Å². The van der Waals surface area contributed by atoms with Crippen molar-refractivity contribution in [3.8, 4) is 0 Å². The zero-order valence-electron chi connectivity index (χ0n) is 8.39. The van der Waals surface area contributed by atoms with E-state index in [1.165, 1.54) is 16.9 Å². The summed E-state index contributed by atoms with van der Waals surface area (Å²) < 4.78 is 2.01. The van der Waals surface area contributed by atoms with Crippen LogP contribution < -0.4 is 5.43 Å². The lowest BCUT2D eigenvalue weighted by molar-refractivity contribution is 0.111. The second-order valence-electron chi connectivity index (χ2n) is 2.85. The molecule has 0 bridgehead atoms. The summed E-state index contributed by atoms with van der Waals surface area (Å²) in [6.07, 6.45) is 5.08. The topological polar surface area (TPSA) is 52.0 Å². The molecular formula is C11H9BrN2O2. The molecule has 0 saturated carbocycles. The molecule has 0 amide bonds. The van der Waals surface area contributed by atoms with E-state index in [0.29, 0.717) is 16.5 Å². The second-order valence-corrected chi connectivity index (χ2v) is 3.87. The van der Waals surface area contributed by atoms with Crippen molar-refractivity contribution >= 4 is 27.9 Å². The molecule has 1 heterocycles. The molecule has 4 nitrogen and oxygen atoms in total. The number of aldehydes is 1. The Morgan fingerprint density at radius 2 is 2.25 bits per heavy atom. The molecule has 5 heteroatoms. The van der Waals surface area contributed by atoms with Crippen LogP contribution >= 0.6 is 15.9 Å². The molecular weight excluding hydrogens is 272 g/mol. The van der Waals surface area contributed by atoms with E-state index in [2.05, 4.69) is 34.2 Å². The maximum absolute atomic E-state index is 11.2. The molecule has 0 N–H and O–H groups in total. The predicted molar refractivity (Wildman–Crippen MR) is 66.4 cm³/mol. The minimum Gasteiger partial charge on any atom is -0.296 e. The molecule has 82 valence electrons. The number of carbonyl (C=O) groups is 1. The van der Waals surface area contributed by atoms with Crippen molar-refractivity contribution < 1.29 is 4.79 Å². The molecule has 0 fully saturated rings. The maximum Gasteiger partial charge on any atom is 0.210 e. The first-order chi connectivity index (χ1) is 7.58. The van der Waals surface area contributed by atoms with Gasteiger partial charge in [-0.1, -0.05) is 29.1 Å². The fourth-order valence-electron chi connectivity index (χ4n) is 1.03. The van der Waals surface area contributed by atoms with Gasteiger partial charge in [0, 0.05) is 16.7 Å². The molecule has 0 aromatic carbocycles. The van der Waals surface area contributed by atoms with Gasteiger partial charge < -0.3 is 0 Å². The van der Waals surface area contributed by atoms with Crippen LogP contribution in [0.2, 0.25) is 0 Å². The highest BCUT2D eigenvalue weighted by Crippen LogP contribution is 2.11. The summed E-state index contributed by atoms with van der Waals surface area (Å²) in [5.41, 5.74) is 0.0488. The first kappa shape index (κ1) is 12.3. The lowest BCUT2D eigenvalue weighted by Gasteiger charge is -2.05. The number of carbonyl (C=O) groups excluding carboxylic acids is 1. The molecule has 0 saturated heterocycles. The monoisotopic (exact) mass is 280 g/mol. The molecule has 0 radical (unpaired) electrons. The summed E-state index contributed by atoms with van der Waals surface area (Å²) in [5, 5.41) is 3.85. The third-order valence-corrected chi connectivity index (χ3v) is 1.95. The average Bonchev–Trinajstić information content (AvgIpc) is 2.26. The van der Waals surface area contributed by atoms with Gasteiger partial charge in [0.2, 0.25) is 5.43 Å². The van der Waals surface area contributed by atoms with Crippen molar-refractivity contribution in [2.75, 3.05) is 0 Å². The van der Waals surface area contributed by atoms with E-state index >= 15 is 0 Å². The van der Waals surface area contributed by atoms with Gasteiger partial charge in [-0.25, -0.2) is 4.68 Å². The maximum atomic E-state index is 11.2. The SMILES string of the molecule is C=C/C(=C\C(=C)Br)n1ccc(=O)c(C=O)n1. The Morgan fingerprint density at radius 3 is 2.75 bits per heavy atom. The highest BCUT2D eigenvalue weighted by atomic mass is 79.9. The summed E-state index contributed by atoms with van der Waals surface area (Å²) >= 11 is 3.17. The van der Waals surface area contributed by atoms with Gasteiger partial charge in [0.25, 0.3) is 0 Å². The van der Waals surface area contributed by atoms with Crippen LogP contribution in [0.3, 0.4) is 0 Å². The van der Waals surface area contributed by atoms with Gasteiger partial charge in [-0.05, 0) is 12.2 Å². The zero-order valence-corrected chi connectivity index (χ0v) is 9.98. The molecule has 16 heavy (non-hydrogen) atoms. The number of hydrogen-bond acceptors (Lipinski definition) is 3. The molecule has 0 aliphatic rings. The van der Waals surface area contributed by atoms with Gasteiger partial charge in [-0.3, -0.25) is 9.59 Å². The number of hydrogen-bond donors (Lipinski definition) is 0. The van der Waals surface area contributed by atoms with Gasteiger partial charge in [-0.15, -0.1) is 0 Å². The summed E-state index contributed by atoms with van der Waals surface area (Å²) in [6.45, 7) is 7.26.